The molecule has 0 spiro atoms. The van der Waals surface area contributed by atoms with Gasteiger partial charge in [0.05, 0.1) is 21.1 Å². The van der Waals surface area contributed by atoms with Crippen LogP contribution in [0.25, 0.3) is 0 Å². The van der Waals surface area contributed by atoms with Crippen LogP contribution in [0, 0.1) is 17.0 Å². The average Bonchev–Trinajstić information content (AvgIpc) is 2.83. The molecule has 9 nitrogen and oxygen atoms in total. The fourth-order valence-electron chi connectivity index (χ4n) is 3.21. The molecule has 0 aliphatic carbocycles. The second kappa shape index (κ2) is 7.40. The fourth-order valence-corrected chi connectivity index (χ4v) is 4.30. The molecule has 1 amide bonds. The molecule has 1 heterocycles. The molecule has 4 rings (SSSR count). The fraction of sp³-hybridized carbons (Fsp3) is 0.0952. The number of non-ortho nitro benzene ring substituents is 1. The number of ether oxygens (including phenoxy) is 1. The number of nitro benzene ring substituents is 1. The minimum absolute atomic E-state index is 0.123. The summed E-state index contributed by atoms with van der Waals surface area (Å²) in [7, 11) is -2.51. The summed E-state index contributed by atoms with van der Waals surface area (Å²) in [6.45, 7) is 1.90. The number of nitro groups is 1. The molecule has 0 atom stereocenters. The number of hydrogen-bond donors (Lipinski definition) is 1. The van der Waals surface area contributed by atoms with Crippen molar-refractivity contribution in [2.45, 2.75) is 11.8 Å². The maximum atomic E-state index is 13.0. The van der Waals surface area contributed by atoms with E-state index in [0.29, 0.717) is 11.4 Å². The molecule has 0 aromatic heterocycles. The molecule has 10 heteroatoms. The number of amides is 1. The van der Waals surface area contributed by atoms with E-state index in [1.54, 1.807) is 13.1 Å². The maximum Gasteiger partial charge on any atom is 0.270 e. The number of sulfonamides is 1. The first kappa shape index (κ1) is 20.4. The Morgan fingerprint density at radius 2 is 1.77 bits per heavy atom. The van der Waals surface area contributed by atoms with Crippen LogP contribution in [-0.2, 0) is 10.0 Å². The number of hydrogen-bond acceptors (Lipinski definition) is 6. The van der Waals surface area contributed by atoms with Gasteiger partial charge >= 0.3 is 0 Å². The lowest BCUT2D eigenvalue weighted by atomic mass is 10.1. The average molecular weight is 439 g/mol. The summed E-state index contributed by atoms with van der Waals surface area (Å²) in [4.78, 5) is 24.5. The topological polar surface area (TPSA) is 119 Å². The van der Waals surface area contributed by atoms with Gasteiger partial charge in [-0.15, -0.1) is 0 Å². The minimum atomic E-state index is -4.12. The van der Waals surface area contributed by atoms with Gasteiger partial charge in [0.2, 0.25) is 0 Å². The standard InChI is InChI=1S/C21H17N3O6S/c1-13-6-8-20-18(10-13)23(2)21(25)17-11-14(7-9-19(17)30-20)22-31(28,29)16-5-3-4-15(12-16)24(26)27/h3-12,22H,1-2H3. The molecule has 0 saturated carbocycles. The number of benzene rings is 3. The quantitative estimate of drug-likeness (QED) is 0.483. The van der Waals surface area contributed by atoms with E-state index in [0.717, 1.165) is 11.6 Å². The van der Waals surface area contributed by atoms with Crippen LogP contribution in [0.1, 0.15) is 15.9 Å². The Morgan fingerprint density at radius 1 is 1.03 bits per heavy atom. The van der Waals surface area contributed by atoms with E-state index in [9.17, 15) is 23.3 Å². The van der Waals surface area contributed by atoms with Gasteiger partial charge in [0.25, 0.3) is 21.6 Å². The number of nitrogens with zero attached hydrogens (tertiary/aromatic N) is 2. The number of aryl methyl sites for hydroxylation is 1. The second-order valence-electron chi connectivity index (χ2n) is 7.01. The van der Waals surface area contributed by atoms with Crippen LogP contribution in [0.4, 0.5) is 17.1 Å². The summed E-state index contributed by atoms with van der Waals surface area (Å²) in [5, 5.41) is 10.9. The zero-order chi connectivity index (χ0) is 22.3. The third-order valence-electron chi connectivity index (χ3n) is 4.80. The van der Waals surface area contributed by atoms with E-state index >= 15 is 0 Å². The zero-order valence-electron chi connectivity index (χ0n) is 16.5. The van der Waals surface area contributed by atoms with Crippen LogP contribution in [0.3, 0.4) is 0 Å². The van der Waals surface area contributed by atoms with E-state index in [4.69, 9.17) is 4.74 Å². The van der Waals surface area contributed by atoms with Gasteiger partial charge in [-0.2, -0.15) is 0 Å². The SMILES string of the molecule is Cc1ccc2c(c1)N(C)C(=O)c1cc(NS(=O)(=O)c3cccc([N+](=O)[O-])c3)ccc1O2. The van der Waals surface area contributed by atoms with Crippen molar-refractivity contribution in [1.29, 1.82) is 0 Å². The van der Waals surface area contributed by atoms with Crippen molar-refractivity contribution in [2.75, 3.05) is 16.7 Å². The number of anilines is 2. The maximum absolute atomic E-state index is 13.0. The van der Waals surface area contributed by atoms with Crippen LogP contribution in [0.5, 0.6) is 11.5 Å². The van der Waals surface area contributed by atoms with Gasteiger partial charge in [-0.3, -0.25) is 19.6 Å². The highest BCUT2D eigenvalue weighted by atomic mass is 32.2. The second-order valence-corrected chi connectivity index (χ2v) is 8.69. The summed E-state index contributed by atoms with van der Waals surface area (Å²) in [6, 6.07) is 14.5. The molecule has 0 bridgehead atoms. The molecule has 0 fully saturated rings. The lowest BCUT2D eigenvalue weighted by Gasteiger charge is -2.17. The van der Waals surface area contributed by atoms with Crippen LogP contribution < -0.4 is 14.4 Å². The van der Waals surface area contributed by atoms with E-state index in [1.807, 2.05) is 19.1 Å². The third-order valence-corrected chi connectivity index (χ3v) is 6.18. The van der Waals surface area contributed by atoms with Gasteiger partial charge in [-0.25, -0.2) is 8.42 Å². The monoisotopic (exact) mass is 439 g/mol. The first-order valence-corrected chi connectivity index (χ1v) is 10.6. The van der Waals surface area contributed by atoms with Crippen molar-refractivity contribution in [3.05, 3.63) is 81.9 Å². The highest BCUT2D eigenvalue weighted by Crippen LogP contribution is 2.39. The van der Waals surface area contributed by atoms with Gasteiger partial charge in [-0.1, -0.05) is 12.1 Å². The molecule has 1 N–H and O–H groups in total. The third kappa shape index (κ3) is 3.80. The Morgan fingerprint density at radius 3 is 2.52 bits per heavy atom. The lowest BCUT2D eigenvalue weighted by molar-refractivity contribution is -0.385. The summed E-state index contributed by atoms with van der Waals surface area (Å²) in [6.07, 6.45) is 0. The number of rotatable bonds is 4. The van der Waals surface area contributed by atoms with Gasteiger partial charge < -0.3 is 9.64 Å². The van der Waals surface area contributed by atoms with Gasteiger partial charge in [0.1, 0.15) is 5.75 Å². The van der Waals surface area contributed by atoms with Crippen LogP contribution in [0.2, 0.25) is 0 Å². The van der Waals surface area contributed by atoms with E-state index in [-0.39, 0.29) is 33.5 Å². The molecule has 0 radical (unpaired) electrons. The predicted octanol–water partition coefficient (Wildman–Crippen LogP) is 4.09. The van der Waals surface area contributed by atoms with Crippen LogP contribution in [0.15, 0.2) is 65.6 Å². The Bertz CT molecular complexity index is 1340. The number of fused-ring (bicyclic) bond motifs is 2. The highest BCUT2D eigenvalue weighted by molar-refractivity contribution is 7.92. The van der Waals surface area contributed by atoms with E-state index < -0.39 is 14.9 Å². The summed E-state index contributed by atoms with van der Waals surface area (Å²) in [5.41, 5.74) is 1.51. The number of carbonyl (C=O) groups excluding carboxylic acids is 1. The molecule has 158 valence electrons. The summed E-state index contributed by atoms with van der Waals surface area (Å²) >= 11 is 0. The molecule has 31 heavy (non-hydrogen) atoms. The molecule has 3 aromatic rings. The zero-order valence-corrected chi connectivity index (χ0v) is 17.3. The van der Waals surface area contributed by atoms with Crippen molar-refractivity contribution < 1.29 is 22.9 Å². The highest BCUT2D eigenvalue weighted by Gasteiger charge is 2.27. The van der Waals surface area contributed by atoms with Crippen molar-refractivity contribution in [2.24, 2.45) is 0 Å². The van der Waals surface area contributed by atoms with Crippen molar-refractivity contribution in [1.82, 2.24) is 0 Å². The Labute approximate surface area is 178 Å². The van der Waals surface area contributed by atoms with Crippen molar-refractivity contribution >= 4 is 33.0 Å². The summed E-state index contributed by atoms with van der Waals surface area (Å²) < 4.78 is 33.7. The molecular weight excluding hydrogens is 422 g/mol. The molecule has 3 aromatic carbocycles. The van der Waals surface area contributed by atoms with Crippen molar-refractivity contribution in [3.8, 4) is 11.5 Å². The van der Waals surface area contributed by atoms with Gasteiger partial charge in [0.15, 0.2) is 5.75 Å². The van der Waals surface area contributed by atoms with Gasteiger partial charge in [0, 0.05) is 24.9 Å². The van der Waals surface area contributed by atoms with E-state index in [1.165, 1.54) is 41.3 Å². The molecular formula is C21H17N3O6S. The molecule has 1 aliphatic heterocycles. The first-order chi connectivity index (χ1) is 14.7. The van der Waals surface area contributed by atoms with Crippen LogP contribution >= 0.6 is 0 Å². The summed E-state index contributed by atoms with van der Waals surface area (Å²) in [5.74, 6) is 0.429. The molecule has 1 aliphatic rings. The van der Waals surface area contributed by atoms with Crippen LogP contribution in [-0.4, -0.2) is 26.3 Å². The van der Waals surface area contributed by atoms with Crippen molar-refractivity contribution in [3.63, 3.8) is 0 Å². The Kier molecular flexibility index (Phi) is 4.86. The Hall–Kier alpha value is -3.92. The normalized spacial score (nSPS) is 13.0. The largest absolute Gasteiger partial charge is 0.454 e. The Balaban J connectivity index is 1.69. The smallest absolute Gasteiger partial charge is 0.270 e. The minimum Gasteiger partial charge on any atom is -0.454 e. The molecule has 0 unspecified atom stereocenters. The van der Waals surface area contributed by atoms with Gasteiger partial charge in [-0.05, 0) is 48.9 Å². The first-order valence-electron chi connectivity index (χ1n) is 9.13. The van der Waals surface area contributed by atoms with E-state index in [2.05, 4.69) is 4.72 Å². The number of carbonyl (C=O) groups is 1. The number of nitrogens with one attached hydrogen (secondary N) is 1. The molecule has 0 saturated heterocycles. The lowest BCUT2D eigenvalue weighted by Crippen LogP contribution is -2.25. The predicted molar refractivity (Wildman–Crippen MR) is 114 cm³/mol.